The zero-order chi connectivity index (χ0) is 22.8. The van der Waals surface area contributed by atoms with E-state index >= 15 is 0 Å². The molecule has 10 heteroatoms. The Morgan fingerprint density at radius 2 is 1.84 bits per heavy atom. The highest BCUT2D eigenvalue weighted by Crippen LogP contribution is 2.28. The molecular formula is C21H24ClN3O5S. The van der Waals surface area contributed by atoms with Crippen LogP contribution >= 0.6 is 11.6 Å². The standard InChI is InChI=1S/C21H24ClN3O5S/c1-14(20-23-19-10-5-15(22)13-18(19)21(26)24(20)2)25(11-12-29-3)31(27,28)17-8-6-16(30-4)7-9-17/h5-10,13-14H,11-12H2,1-4H3. The van der Waals surface area contributed by atoms with E-state index in [1.165, 1.54) is 35.2 Å². The van der Waals surface area contributed by atoms with Crippen molar-refractivity contribution < 1.29 is 17.9 Å². The summed E-state index contributed by atoms with van der Waals surface area (Å²) in [5.41, 5.74) is 0.144. The Kier molecular flexibility index (Phi) is 7.00. The Hall–Kier alpha value is -2.46. The number of aromatic nitrogens is 2. The number of nitrogens with zero attached hydrogens (tertiary/aromatic N) is 3. The summed E-state index contributed by atoms with van der Waals surface area (Å²) in [6.45, 7) is 1.96. The Balaban J connectivity index is 2.11. The van der Waals surface area contributed by atoms with Gasteiger partial charge in [-0.15, -0.1) is 0 Å². The number of hydrogen-bond acceptors (Lipinski definition) is 6. The first-order chi connectivity index (χ1) is 14.7. The molecule has 0 aliphatic carbocycles. The topological polar surface area (TPSA) is 90.7 Å². The second-order valence-corrected chi connectivity index (χ2v) is 9.28. The van der Waals surface area contributed by atoms with E-state index in [9.17, 15) is 13.2 Å². The Morgan fingerprint density at radius 3 is 2.45 bits per heavy atom. The molecule has 0 aliphatic heterocycles. The summed E-state index contributed by atoms with van der Waals surface area (Å²) < 4.78 is 39.8. The molecule has 1 aromatic heterocycles. The number of sulfonamides is 1. The summed E-state index contributed by atoms with van der Waals surface area (Å²) in [6.07, 6.45) is 0. The summed E-state index contributed by atoms with van der Waals surface area (Å²) in [5.74, 6) is 0.862. The van der Waals surface area contributed by atoms with E-state index in [0.717, 1.165) is 0 Å². The van der Waals surface area contributed by atoms with Gasteiger partial charge in [-0.3, -0.25) is 9.36 Å². The maximum absolute atomic E-state index is 13.5. The van der Waals surface area contributed by atoms with Crippen LogP contribution in [0.4, 0.5) is 0 Å². The second-order valence-electron chi connectivity index (χ2n) is 6.96. The SMILES string of the molecule is COCCN(C(C)c1nc2ccc(Cl)cc2c(=O)n1C)S(=O)(=O)c1ccc(OC)cc1. The summed E-state index contributed by atoms with van der Waals surface area (Å²) in [7, 11) is 0.658. The highest BCUT2D eigenvalue weighted by molar-refractivity contribution is 7.89. The maximum atomic E-state index is 13.5. The summed E-state index contributed by atoms with van der Waals surface area (Å²) in [5, 5.41) is 0.795. The summed E-state index contributed by atoms with van der Waals surface area (Å²) in [6, 6.07) is 10.2. The number of methoxy groups -OCH3 is 2. The number of hydrogen-bond donors (Lipinski definition) is 0. The van der Waals surface area contributed by atoms with Gasteiger partial charge in [0.05, 0.1) is 35.6 Å². The predicted octanol–water partition coefficient (Wildman–Crippen LogP) is 2.99. The highest BCUT2D eigenvalue weighted by atomic mass is 35.5. The van der Waals surface area contributed by atoms with Gasteiger partial charge in [-0.2, -0.15) is 4.31 Å². The van der Waals surface area contributed by atoms with E-state index < -0.39 is 16.1 Å². The van der Waals surface area contributed by atoms with Gasteiger partial charge in [-0.25, -0.2) is 13.4 Å². The van der Waals surface area contributed by atoms with Crippen molar-refractivity contribution in [1.29, 1.82) is 0 Å². The smallest absolute Gasteiger partial charge is 0.261 e. The number of rotatable bonds is 8. The van der Waals surface area contributed by atoms with Crippen LogP contribution in [0.5, 0.6) is 5.75 Å². The van der Waals surface area contributed by atoms with Crippen LogP contribution < -0.4 is 10.3 Å². The molecule has 0 bridgehead atoms. The van der Waals surface area contributed by atoms with Gasteiger partial charge < -0.3 is 9.47 Å². The monoisotopic (exact) mass is 465 g/mol. The fourth-order valence-corrected chi connectivity index (χ4v) is 5.10. The van der Waals surface area contributed by atoms with Gasteiger partial charge in [0, 0.05) is 25.7 Å². The molecule has 1 atom stereocenters. The van der Waals surface area contributed by atoms with Gasteiger partial charge in [0.2, 0.25) is 10.0 Å². The van der Waals surface area contributed by atoms with E-state index in [1.54, 1.807) is 44.3 Å². The third kappa shape index (κ3) is 4.59. The van der Waals surface area contributed by atoms with Crippen LogP contribution in [0.1, 0.15) is 18.8 Å². The molecule has 0 aliphatic rings. The van der Waals surface area contributed by atoms with Crippen molar-refractivity contribution in [3.8, 4) is 5.75 Å². The Labute approximate surface area is 186 Å². The van der Waals surface area contributed by atoms with Gasteiger partial charge in [-0.05, 0) is 49.4 Å². The molecule has 166 valence electrons. The largest absolute Gasteiger partial charge is 0.497 e. The minimum atomic E-state index is -3.91. The lowest BCUT2D eigenvalue weighted by Gasteiger charge is -2.29. The van der Waals surface area contributed by atoms with Crippen molar-refractivity contribution in [2.24, 2.45) is 7.05 Å². The average molecular weight is 466 g/mol. The van der Waals surface area contributed by atoms with E-state index in [-0.39, 0.29) is 23.6 Å². The van der Waals surface area contributed by atoms with Crippen molar-refractivity contribution in [3.63, 3.8) is 0 Å². The predicted molar refractivity (Wildman–Crippen MR) is 119 cm³/mol. The summed E-state index contributed by atoms with van der Waals surface area (Å²) in [4.78, 5) is 17.6. The van der Waals surface area contributed by atoms with Gasteiger partial charge in [0.1, 0.15) is 11.6 Å². The van der Waals surface area contributed by atoms with Crippen molar-refractivity contribution in [2.75, 3.05) is 27.4 Å². The zero-order valence-corrected chi connectivity index (χ0v) is 19.3. The average Bonchev–Trinajstić information content (AvgIpc) is 2.76. The molecule has 3 aromatic rings. The lowest BCUT2D eigenvalue weighted by atomic mass is 10.2. The number of ether oxygens (including phenoxy) is 2. The van der Waals surface area contributed by atoms with Gasteiger partial charge in [-0.1, -0.05) is 11.6 Å². The van der Waals surface area contributed by atoms with Gasteiger partial charge in [0.15, 0.2) is 0 Å². The number of halogens is 1. The molecule has 0 saturated carbocycles. The molecule has 0 saturated heterocycles. The molecular weight excluding hydrogens is 442 g/mol. The van der Waals surface area contributed by atoms with Crippen molar-refractivity contribution in [3.05, 3.63) is 63.7 Å². The first kappa shape index (κ1) is 23.2. The van der Waals surface area contributed by atoms with Crippen molar-refractivity contribution in [1.82, 2.24) is 13.9 Å². The van der Waals surface area contributed by atoms with Crippen LogP contribution in [0, 0.1) is 0 Å². The van der Waals surface area contributed by atoms with E-state index in [1.807, 2.05) is 0 Å². The lowest BCUT2D eigenvalue weighted by Crippen LogP contribution is -2.39. The molecule has 3 rings (SSSR count). The molecule has 1 unspecified atom stereocenters. The van der Waals surface area contributed by atoms with E-state index in [2.05, 4.69) is 4.98 Å². The van der Waals surface area contributed by atoms with E-state index in [0.29, 0.717) is 27.5 Å². The number of fused-ring (bicyclic) bond motifs is 1. The molecule has 8 nitrogen and oxygen atoms in total. The van der Waals surface area contributed by atoms with Gasteiger partial charge in [0.25, 0.3) is 5.56 Å². The van der Waals surface area contributed by atoms with Crippen LogP contribution in [-0.4, -0.2) is 49.6 Å². The first-order valence-corrected chi connectivity index (χ1v) is 11.3. The third-order valence-corrected chi connectivity index (χ3v) is 7.28. The number of benzene rings is 2. The fraction of sp³-hybridized carbons (Fsp3) is 0.333. The van der Waals surface area contributed by atoms with Crippen LogP contribution in [0.15, 0.2) is 52.2 Å². The fourth-order valence-electron chi connectivity index (χ4n) is 3.35. The van der Waals surface area contributed by atoms with Crippen molar-refractivity contribution in [2.45, 2.75) is 17.9 Å². The highest BCUT2D eigenvalue weighted by Gasteiger charge is 2.32. The lowest BCUT2D eigenvalue weighted by molar-refractivity contribution is 0.166. The second kappa shape index (κ2) is 9.35. The first-order valence-electron chi connectivity index (χ1n) is 9.51. The van der Waals surface area contributed by atoms with Crippen LogP contribution in [0.3, 0.4) is 0 Å². The Bertz CT molecular complexity index is 1240. The molecule has 31 heavy (non-hydrogen) atoms. The zero-order valence-electron chi connectivity index (χ0n) is 17.7. The van der Waals surface area contributed by atoms with Crippen LogP contribution in [0.25, 0.3) is 10.9 Å². The minimum absolute atomic E-state index is 0.0839. The molecule has 0 spiro atoms. The minimum Gasteiger partial charge on any atom is -0.497 e. The Morgan fingerprint density at radius 1 is 1.16 bits per heavy atom. The molecule has 2 aromatic carbocycles. The summed E-state index contributed by atoms with van der Waals surface area (Å²) >= 11 is 6.02. The third-order valence-electron chi connectivity index (χ3n) is 5.06. The normalized spacial score (nSPS) is 13.0. The molecule has 0 fully saturated rings. The van der Waals surface area contributed by atoms with E-state index in [4.69, 9.17) is 21.1 Å². The molecule has 0 amide bonds. The van der Waals surface area contributed by atoms with Gasteiger partial charge >= 0.3 is 0 Å². The maximum Gasteiger partial charge on any atom is 0.261 e. The molecule has 1 heterocycles. The van der Waals surface area contributed by atoms with Crippen LogP contribution in [0.2, 0.25) is 5.02 Å². The quantitative estimate of drug-likeness (QED) is 0.508. The molecule has 0 radical (unpaired) electrons. The molecule has 0 N–H and O–H groups in total. The van der Waals surface area contributed by atoms with Crippen LogP contribution in [-0.2, 0) is 21.8 Å². The van der Waals surface area contributed by atoms with Crippen molar-refractivity contribution >= 4 is 32.5 Å².